The van der Waals surface area contributed by atoms with E-state index in [1.165, 1.54) is 5.56 Å². The van der Waals surface area contributed by atoms with Gasteiger partial charge in [0.2, 0.25) is 5.91 Å². The molecular weight excluding hydrogens is 306 g/mol. The number of nitrogens with zero attached hydrogens (tertiary/aromatic N) is 1. The zero-order valence-corrected chi connectivity index (χ0v) is 14.5. The number of amides is 1. The van der Waals surface area contributed by atoms with E-state index < -0.39 is 0 Å². The second-order valence-corrected chi connectivity index (χ2v) is 6.49. The summed E-state index contributed by atoms with van der Waals surface area (Å²) in [5.41, 5.74) is 2.41. The molecule has 3 nitrogen and oxygen atoms in total. The van der Waals surface area contributed by atoms with E-state index >= 15 is 0 Å². The van der Waals surface area contributed by atoms with Gasteiger partial charge in [-0.05, 0) is 23.3 Å². The zero-order valence-electron chi connectivity index (χ0n) is 13.7. The maximum Gasteiger partial charge on any atom is 0.223 e. The van der Waals surface area contributed by atoms with E-state index in [-0.39, 0.29) is 5.91 Å². The highest BCUT2D eigenvalue weighted by atomic mass is 32.2. The highest BCUT2D eigenvalue weighted by Crippen LogP contribution is 2.15. The smallest absolute Gasteiger partial charge is 0.223 e. The number of thioether (sulfide) groups is 1. The van der Waals surface area contributed by atoms with Crippen LogP contribution in [0.2, 0.25) is 0 Å². The van der Waals surface area contributed by atoms with Crippen LogP contribution in [0.3, 0.4) is 0 Å². The number of carbonyl (C=O) groups is 1. The molecule has 0 atom stereocenters. The van der Waals surface area contributed by atoms with Gasteiger partial charge in [0, 0.05) is 31.5 Å². The third-order valence-electron chi connectivity index (χ3n) is 3.58. The molecule has 0 bridgehead atoms. The van der Waals surface area contributed by atoms with Crippen molar-refractivity contribution in [3.8, 4) is 5.75 Å². The molecule has 0 radical (unpaired) electrons. The Hall–Kier alpha value is -1.94. The Morgan fingerprint density at radius 1 is 1.04 bits per heavy atom. The standard InChI is InChI=1S/C19H23NO2S/c1-20(14-16-8-10-18(22-2)11-9-16)19(21)12-13-23-15-17-6-4-3-5-7-17/h3-11H,12-15H2,1-2H3. The van der Waals surface area contributed by atoms with Crippen LogP contribution in [-0.2, 0) is 17.1 Å². The van der Waals surface area contributed by atoms with Crippen LogP contribution in [0.4, 0.5) is 0 Å². The van der Waals surface area contributed by atoms with Gasteiger partial charge in [0.05, 0.1) is 7.11 Å². The SMILES string of the molecule is COc1ccc(CN(C)C(=O)CCSCc2ccccc2)cc1. The molecule has 2 aromatic carbocycles. The number of hydrogen-bond donors (Lipinski definition) is 0. The predicted octanol–water partition coefficient (Wildman–Crippen LogP) is 3.98. The summed E-state index contributed by atoms with van der Waals surface area (Å²) >= 11 is 1.80. The molecule has 0 unspecified atom stereocenters. The maximum atomic E-state index is 12.2. The monoisotopic (exact) mass is 329 g/mol. The number of carbonyl (C=O) groups excluding carboxylic acids is 1. The van der Waals surface area contributed by atoms with Crippen molar-refractivity contribution < 1.29 is 9.53 Å². The Labute approximate surface area is 142 Å². The van der Waals surface area contributed by atoms with Crippen LogP contribution in [0.5, 0.6) is 5.75 Å². The first-order valence-electron chi connectivity index (χ1n) is 7.67. The maximum absolute atomic E-state index is 12.2. The summed E-state index contributed by atoms with van der Waals surface area (Å²) in [5, 5.41) is 0. The van der Waals surface area contributed by atoms with Gasteiger partial charge < -0.3 is 9.64 Å². The topological polar surface area (TPSA) is 29.5 Å². The molecule has 4 heteroatoms. The minimum absolute atomic E-state index is 0.182. The van der Waals surface area contributed by atoms with Crippen molar-refractivity contribution in [3.05, 3.63) is 65.7 Å². The molecular formula is C19H23NO2S. The van der Waals surface area contributed by atoms with Gasteiger partial charge in [-0.15, -0.1) is 0 Å². The number of rotatable bonds is 8. The highest BCUT2D eigenvalue weighted by molar-refractivity contribution is 7.98. The van der Waals surface area contributed by atoms with Gasteiger partial charge in [0.15, 0.2) is 0 Å². The lowest BCUT2D eigenvalue weighted by molar-refractivity contribution is -0.129. The van der Waals surface area contributed by atoms with Crippen LogP contribution in [0.1, 0.15) is 17.5 Å². The molecule has 122 valence electrons. The lowest BCUT2D eigenvalue weighted by Gasteiger charge is -2.17. The number of benzene rings is 2. The second kappa shape index (κ2) is 9.26. The molecule has 0 spiro atoms. The molecule has 23 heavy (non-hydrogen) atoms. The van der Waals surface area contributed by atoms with E-state index in [0.29, 0.717) is 13.0 Å². The Balaban J connectivity index is 1.69. The fourth-order valence-corrected chi connectivity index (χ4v) is 3.10. The number of methoxy groups -OCH3 is 1. The van der Waals surface area contributed by atoms with Crippen LogP contribution in [-0.4, -0.2) is 30.7 Å². The molecule has 1 amide bonds. The van der Waals surface area contributed by atoms with Crippen molar-refractivity contribution in [2.75, 3.05) is 19.9 Å². The van der Waals surface area contributed by atoms with Crippen molar-refractivity contribution in [1.29, 1.82) is 0 Å². The van der Waals surface area contributed by atoms with Crippen LogP contribution in [0, 0.1) is 0 Å². The van der Waals surface area contributed by atoms with Crippen LogP contribution in [0.15, 0.2) is 54.6 Å². The molecule has 0 N–H and O–H groups in total. The van der Waals surface area contributed by atoms with Crippen molar-refractivity contribution >= 4 is 17.7 Å². The molecule has 0 aromatic heterocycles. The Kier molecular flexibility index (Phi) is 7.01. The Bertz CT molecular complexity index is 599. The van der Waals surface area contributed by atoms with Crippen LogP contribution in [0.25, 0.3) is 0 Å². The quantitative estimate of drug-likeness (QED) is 0.686. The normalized spacial score (nSPS) is 10.3. The van der Waals surface area contributed by atoms with Gasteiger partial charge >= 0.3 is 0 Å². The van der Waals surface area contributed by atoms with Gasteiger partial charge in [0.25, 0.3) is 0 Å². The van der Waals surface area contributed by atoms with E-state index in [0.717, 1.165) is 22.8 Å². The number of ether oxygens (including phenoxy) is 1. The summed E-state index contributed by atoms with van der Waals surface area (Å²) in [7, 11) is 3.51. The first kappa shape index (κ1) is 17.4. The molecule has 0 saturated carbocycles. The molecule has 2 aromatic rings. The van der Waals surface area contributed by atoms with Gasteiger partial charge in [-0.25, -0.2) is 0 Å². The fraction of sp³-hybridized carbons (Fsp3) is 0.316. The Morgan fingerprint density at radius 2 is 1.74 bits per heavy atom. The summed E-state index contributed by atoms with van der Waals surface area (Å²) in [6.07, 6.45) is 0.574. The van der Waals surface area contributed by atoms with E-state index in [1.54, 1.807) is 23.8 Å². The highest BCUT2D eigenvalue weighted by Gasteiger charge is 2.09. The third kappa shape index (κ3) is 5.99. The van der Waals surface area contributed by atoms with Crippen molar-refractivity contribution in [2.45, 2.75) is 18.7 Å². The first-order valence-corrected chi connectivity index (χ1v) is 8.83. The largest absolute Gasteiger partial charge is 0.497 e. The number of hydrogen-bond acceptors (Lipinski definition) is 3. The van der Waals surface area contributed by atoms with Crippen LogP contribution < -0.4 is 4.74 Å². The average Bonchev–Trinajstić information content (AvgIpc) is 2.60. The van der Waals surface area contributed by atoms with E-state index in [2.05, 4.69) is 12.1 Å². The predicted molar refractivity (Wildman–Crippen MR) is 96.7 cm³/mol. The van der Waals surface area contributed by atoms with Crippen LogP contribution >= 0.6 is 11.8 Å². The summed E-state index contributed by atoms with van der Waals surface area (Å²) in [6.45, 7) is 0.631. The van der Waals surface area contributed by atoms with Gasteiger partial charge in [-0.1, -0.05) is 42.5 Å². The average molecular weight is 329 g/mol. The Morgan fingerprint density at radius 3 is 2.39 bits per heavy atom. The summed E-state index contributed by atoms with van der Waals surface area (Å²) < 4.78 is 5.14. The van der Waals surface area contributed by atoms with Crippen molar-refractivity contribution in [2.24, 2.45) is 0 Å². The third-order valence-corrected chi connectivity index (χ3v) is 4.61. The molecule has 0 aliphatic heterocycles. The molecule has 0 aliphatic carbocycles. The van der Waals surface area contributed by atoms with Gasteiger partial charge in [-0.2, -0.15) is 11.8 Å². The summed E-state index contributed by atoms with van der Waals surface area (Å²) in [4.78, 5) is 14.0. The fourth-order valence-electron chi connectivity index (χ4n) is 2.21. The molecule has 2 rings (SSSR count). The van der Waals surface area contributed by atoms with E-state index in [4.69, 9.17) is 4.74 Å². The lowest BCUT2D eigenvalue weighted by Crippen LogP contribution is -2.26. The molecule has 0 aliphatic rings. The van der Waals surface area contributed by atoms with Gasteiger partial charge in [-0.3, -0.25) is 4.79 Å². The summed E-state index contributed by atoms with van der Waals surface area (Å²) in [6, 6.07) is 18.2. The van der Waals surface area contributed by atoms with E-state index in [1.807, 2.05) is 49.5 Å². The molecule has 0 heterocycles. The summed E-state index contributed by atoms with van der Waals surface area (Å²) in [5.74, 6) is 2.82. The van der Waals surface area contributed by atoms with Crippen molar-refractivity contribution in [3.63, 3.8) is 0 Å². The molecule has 0 fully saturated rings. The second-order valence-electron chi connectivity index (χ2n) is 5.39. The van der Waals surface area contributed by atoms with Gasteiger partial charge in [0.1, 0.15) is 5.75 Å². The minimum atomic E-state index is 0.182. The zero-order chi connectivity index (χ0) is 16.5. The van der Waals surface area contributed by atoms with E-state index in [9.17, 15) is 4.79 Å². The minimum Gasteiger partial charge on any atom is -0.497 e. The first-order chi connectivity index (χ1) is 11.2. The van der Waals surface area contributed by atoms with Crippen molar-refractivity contribution in [1.82, 2.24) is 4.90 Å². The molecule has 0 saturated heterocycles. The lowest BCUT2D eigenvalue weighted by atomic mass is 10.2.